The van der Waals surface area contributed by atoms with E-state index in [1.807, 2.05) is 54.6 Å². The molecule has 0 aliphatic carbocycles. The Morgan fingerprint density at radius 1 is 0.793 bits per heavy atom. The lowest BCUT2D eigenvalue weighted by molar-refractivity contribution is -0.150. The van der Waals surface area contributed by atoms with Gasteiger partial charge in [-0.05, 0) is 27.8 Å². The molecule has 0 N–H and O–H groups in total. The van der Waals surface area contributed by atoms with Crippen molar-refractivity contribution in [1.82, 2.24) is 4.90 Å². The van der Waals surface area contributed by atoms with Crippen LogP contribution in [0.5, 0.6) is 0 Å². The summed E-state index contributed by atoms with van der Waals surface area (Å²) in [7, 11) is 0. The van der Waals surface area contributed by atoms with E-state index in [1.54, 1.807) is 4.90 Å². The summed E-state index contributed by atoms with van der Waals surface area (Å²) in [6.07, 6.45) is 0.0331. The number of benzene rings is 3. The smallest absolute Gasteiger partial charge is 0.319 e. The van der Waals surface area contributed by atoms with Crippen molar-refractivity contribution in [2.75, 3.05) is 0 Å². The van der Waals surface area contributed by atoms with Crippen LogP contribution in [0, 0.1) is 5.92 Å². The number of hydrogen-bond donors (Lipinski definition) is 0. The predicted molar refractivity (Wildman–Crippen MR) is 110 cm³/mol. The molecule has 3 aromatic carbocycles. The molecule has 3 aromatic rings. The summed E-state index contributed by atoms with van der Waals surface area (Å²) in [6.45, 7) is 0.979. The van der Waals surface area contributed by atoms with Crippen molar-refractivity contribution in [1.29, 1.82) is 0 Å². The number of hydrogen-bond acceptors (Lipinski definition) is 3. The molecule has 2 aliphatic rings. The Morgan fingerprint density at radius 2 is 1.34 bits per heavy atom. The maximum Gasteiger partial charge on any atom is 0.319 e. The van der Waals surface area contributed by atoms with Crippen LogP contribution in [-0.2, 0) is 27.4 Å². The number of carbonyl (C=O) groups is 2. The second-order valence-corrected chi connectivity index (χ2v) is 7.63. The molecule has 0 aromatic heterocycles. The maximum absolute atomic E-state index is 13.4. The minimum absolute atomic E-state index is 0.153. The van der Waals surface area contributed by atoms with Gasteiger partial charge < -0.3 is 9.64 Å². The highest BCUT2D eigenvalue weighted by Gasteiger charge is 2.42. The van der Waals surface area contributed by atoms with Crippen LogP contribution in [0.25, 0.3) is 11.1 Å². The van der Waals surface area contributed by atoms with Crippen molar-refractivity contribution in [2.45, 2.75) is 25.6 Å². The minimum atomic E-state index is -0.752. The predicted octanol–water partition coefficient (Wildman–Crippen LogP) is 4.50. The van der Waals surface area contributed by atoms with Gasteiger partial charge in [0.25, 0.3) is 0 Å². The molecule has 29 heavy (non-hydrogen) atoms. The largest absolute Gasteiger partial charge is 0.457 e. The molecule has 1 fully saturated rings. The fourth-order valence-electron chi connectivity index (χ4n) is 4.34. The third-order valence-corrected chi connectivity index (χ3v) is 5.82. The van der Waals surface area contributed by atoms with E-state index in [1.165, 1.54) is 0 Å². The molecule has 0 radical (unpaired) electrons. The second kappa shape index (κ2) is 7.21. The number of ether oxygens (including phenoxy) is 1. The Labute approximate surface area is 169 Å². The first kappa shape index (κ1) is 17.7. The standard InChI is InChI=1S/C25H21NO3/c27-24(22-14-23(29-25(22)28)17-8-2-1-3-9-17)26-15-18-10-4-6-12-20(18)21-13-7-5-11-19(21)16-26/h1-13,22-23H,14-16H2. The molecule has 1 amide bonds. The normalized spacial score (nSPS) is 20.4. The molecule has 0 saturated carbocycles. The van der Waals surface area contributed by atoms with E-state index >= 15 is 0 Å². The van der Waals surface area contributed by atoms with Gasteiger partial charge in [0.15, 0.2) is 0 Å². The van der Waals surface area contributed by atoms with Gasteiger partial charge in [0, 0.05) is 19.5 Å². The van der Waals surface area contributed by atoms with E-state index in [0.29, 0.717) is 19.5 Å². The van der Waals surface area contributed by atoms with E-state index in [-0.39, 0.29) is 12.0 Å². The van der Waals surface area contributed by atoms with Crippen molar-refractivity contribution in [2.24, 2.45) is 5.92 Å². The fraction of sp³-hybridized carbons (Fsp3) is 0.200. The molecule has 5 rings (SSSR count). The monoisotopic (exact) mass is 383 g/mol. The molecule has 0 spiro atoms. The Balaban J connectivity index is 1.44. The Hall–Kier alpha value is -3.40. The maximum atomic E-state index is 13.4. The summed E-state index contributed by atoms with van der Waals surface area (Å²) in [4.78, 5) is 27.7. The Bertz CT molecular complexity index is 1030. The number of nitrogens with zero attached hydrogens (tertiary/aromatic N) is 1. The summed E-state index contributed by atoms with van der Waals surface area (Å²) in [5, 5.41) is 0. The number of fused-ring (bicyclic) bond motifs is 3. The van der Waals surface area contributed by atoms with E-state index < -0.39 is 11.9 Å². The zero-order valence-corrected chi connectivity index (χ0v) is 16.0. The van der Waals surface area contributed by atoms with Crippen molar-refractivity contribution in [3.8, 4) is 11.1 Å². The lowest BCUT2D eigenvalue weighted by Gasteiger charge is -2.23. The van der Waals surface area contributed by atoms with Crippen molar-refractivity contribution >= 4 is 11.9 Å². The molecule has 4 heteroatoms. The first-order chi connectivity index (χ1) is 14.2. The van der Waals surface area contributed by atoms with E-state index in [4.69, 9.17) is 4.74 Å². The number of cyclic esters (lactones) is 1. The third-order valence-electron chi connectivity index (χ3n) is 5.82. The average Bonchev–Trinajstić information content (AvgIpc) is 3.07. The van der Waals surface area contributed by atoms with Gasteiger partial charge in [-0.3, -0.25) is 9.59 Å². The van der Waals surface area contributed by atoms with Gasteiger partial charge in [-0.1, -0.05) is 78.9 Å². The molecule has 0 bridgehead atoms. The highest BCUT2D eigenvalue weighted by Crippen LogP contribution is 2.37. The quantitative estimate of drug-likeness (QED) is 0.484. The highest BCUT2D eigenvalue weighted by molar-refractivity contribution is 5.99. The van der Waals surface area contributed by atoms with Crippen LogP contribution in [-0.4, -0.2) is 16.8 Å². The van der Waals surface area contributed by atoms with Crippen LogP contribution in [0.15, 0.2) is 78.9 Å². The number of amides is 1. The van der Waals surface area contributed by atoms with Crippen molar-refractivity contribution in [3.63, 3.8) is 0 Å². The van der Waals surface area contributed by atoms with Gasteiger partial charge in [-0.15, -0.1) is 0 Å². The molecule has 2 unspecified atom stereocenters. The lowest BCUT2D eigenvalue weighted by Crippen LogP contribution is -2.36. The van der Waals surface area contributed by atoms with E-state index in [0.717, 1.165) is 27.8 Å². The zero-order valence-electron chi connectivity index (χ0n) is 16.0. The molecule has 2 atom stereocenters. The van der Waals surface area contributed by atoms with Gasteiger partial charge in [0.1, 0.15) is 12.0 Å². The third kappa shape index (κ3) is 3.21. The lowest BCUT2D eigenvalue weighted by atomic mass is 9.97. The molecule has 2 heterocycles. The van der Waals surface area contributed by atoms with Gasteiger partial charge >= 0.3 is 5.97 Å². The molecule has 2 aliphatic heterocycles. The first-order valence-corrected chi connectivity index (χ1v) is 9.91. The summed E-state index contributed by atoms with van der Waals surface area (Å²) in [5.74, 6) is -1.33. The molecule has 144 valence electrons. The van der Waals surface area contributed by atoms with Crippen LogP contribution in [0.4, 0.5) is 0 Å². The van der Waals surface area contributed by atoms with Crippen LogP contribution < -0.4 is 0 Å². The molecule has 4 nitrogen and oxygen atoms in total. The molecule has 1 saturated heterocycles. The second-order valence-electron chi connectivity index (χ2n) is 7.63. The van der Waals surface area contributed by atoms with Crippen molar-refractivity contribution in [3.05, 3.63) is 95.6 Å². The van der Waals surface area contributed by atoms with Gasteiger partial charge in [0.2, 0.25) is 5.91 Å². The summed E-state index contributed by atoms with van der Waals surface area (Å²) >= 11 is 0. The number of esters is 1. The van der Waals surface area contributed by atoms with E-state index in [9.17, 15) is 9.59 Å². The number of carbonyl (C=O) groups excluding carboxylic acids is 2. The van der Waals surface area contributed by atoms with Crippen molar-refractivity contribution < 1.29 is 14.3 Å². The summed E-state index contributed by atoms with van der Waals surface area (Å²) in [5.41, 5.74) is 5.42. The van der Waals surface area contributed by atoms with Gasteiger partial charge in [0.05, 0.1) is 0 Å². The number of rotatable bonds is 2. The summed E-state index contributed by atoms with van der Waals surface area (Å²) < 4.78 is 5.56. The van der Waals surface area contributed by atoms with Crippen LogP contribution in [0.2, 0.25) is 0 Å². The minimum Gasteiger partial charge on any atom is -0.457 e. The van der Waals surface area contributed by atoms with Gasteiger partial charge in [-0.25, -0.2) is 0 Å². The first-order valence-electron chi connectivity index (χ1n) is 9.91. The van der Waals surface area contributed by atoms with Crippen LogP contribution in [0.1, 0.15) is 29.2 Å². The zero-order chi connectivity index (χ0) is 19.8. The average molecular weight is 383 g/mol. The van der Waals surface area contributed by atoms with Crippen LogP contribution >= 0.6 is 0 Å². The van der Waals surface area contributed by atoms with E-state index in [2.05, 4.69) is 24.3 Å². The summed E-state index contributed by atoms with van der Waals surface area (Å²) in [6, 6.07) is 25.9. The molecular weight excluding hydrogens is 362 g/mol. The highest BCUT2D eigenvalue weighted by atomic mass is 16.6. The SMILES string of the molecule is O=C1OC(c2ccccc2)CC1C(=O)N1Cc2ccccc2-c2ccccc2C1. The Kier molecular flexibility index (Phi) is 4.39. The van der Waals surface area contributed by atoms with Crippen LogP contribution in [0.3, 0.4) is 0 Å². The van der Waals surface area contributed by atoms with Gasteiger partial charge in [-0.2, -0.15) is 0 Å². The topological polar surface area (TPSA) is 46.6 Å². The fourth-order valence-corrected chi connectivity index (χ4v) is 4.34. The molecular formula is C25H21NO3. The Morgan fingerprint density at radius 3 is 1.97 bits per heavy atom.